The molecule has 0 aliphatic heterocycles. The highest BCUT2D eigenvalue weighted by atomic mass is 16.3. The van der Waals surface area contributed by atoms with Crippen LogP contribution < -0.4 is 0 Å². The van der Waals surface area contributed by atoms with Crippen molar-refractivity contribution in [1.82, 2.24) is 0 Å². The summed E-state index contributed by atoms with van der Waals surface area (Å²) in [6, 6.07) is 10.1. The van der Waals surface area contributed by atoms with E-state index in [4.69, 9.17) is 4.42 Å². The molecule has 1 aliphatic carbocycles. The number of rotatable bonds is 2. The number of fused-ring (bicyclic) bond motifs is 1. The lowest BCUT2D eigenvalue weighted by atomic mass is 9.66. The van der Waals surface area contributed by atoms with Crippen LogP contribution in [0.5, 0.6) is 0 Å². The van der Waals surface area contributed by atoms with E-state index in [0.29, 0.717) is 5.92 Å². The molecule has 0 amide bonds. The number of furan rings is 1. The van der Waals surface area contributed by atoms with Crippen molar-refractivity contribution >= 4 is 11.0 Å². The Bertz CT molecular complexity index is 654. The van der Waals surface area contributed by atoms with Gasteiger partial charge in [0.15, 0.2) is 0 Å². The van der Waals surface area contributed by atoms with Crippen molar-refractivity contribution in [3.05, 3.63) is 36.1 Å². The zero-order chi connectivity index (χ0) is 14.2. The highest BCUT2D eigenvalue weighted by Gasteiger charge is 2.43. The largest absolute Gasteiger partial charge is 0.464 e. The maximum atomic E-state index is 10.8. The summed E-state index contributed by atoms with van der Waals surface area (Å²) in [5.74, 6) is 0.483. The molecule has 20 heavy (non-hydrogen) atoms. The highest BCUT2D eigenvalue weighted by molar-refractivity contribution is 5.81. The predicted molar refractivity (Wildman–Crippen MR) is 76.9 cm³/mol. The van der Waals surface area contributed by atoms with Gasteiger partial charge in [0.1, 0.15) is 11.7 Å². The summed E-state index contributed by atoms with van der Waals surface area (Å²) in [6.07, 6.45) is 4.48. The van der Waals surface area contributed by atoms with Crippen molar-refractivity contribution in [2.24, 2.45) is 11.3 Å². The molecule has 104 valence electrons. The monoisotopic (exact) mass is 269 g/mol. The van der Waals surface area contributed by atoms with Crippen LogP contribution in [0.4, 0.5) is 0 Å². The van der Waals surface area contributed by atoms with Gasteiger partial charge in [-0.3, -0.25) is 0 Å². The van der Waals surface area contributed by atoms with Gasteiger partial charge in [-0.1, -0.05) is 38.0 Å². The molecule has 0 spiro atoms. The third kappa shape index (κ3) is 2.01. The second kappa shape index (κ2) is 4.96. The Labute approximate surface area is 118 Å². The molecular formula is C17H19NO2. The van der Waals surface area contributed by atoms with E-state index in [1.54, 1.807) is 6.26 Å². The Morgan fingerprint density at radius 2 is 2.25 bits per heavy atom. The van der Waals surface area contributed by atoms with Gasteiger partial charge in [-0.2, -0.15) is 5.26 Å². The third-order valence-electron chi connectivity index (χ3n) is 4.58. The van der Waals surface area contributed by atoms with Gasteiger partial charge in [0.05, 0.1) is 17.7 Å². The summed E-state index contributed by atoms with van der Waals surface area (Å²) in [6.45, 7) is 2.16. The summed E-state index contributed by atoms with van der Waals surface area (Å²) in [7, 11) is 0. The maximum Gasteiger partial charge on any atom is 0.134 e. The molecule has 1 N–H and O–H groups in total. The fraction of sp³-hybridized carbons (Fsp3) is 0.471. The van der Waals surface area contributed by atoms with E-state index in [0.717, 1.165) is 42.2 Å². The lowest BCUT2D eigenvalue weighted by Gasteiger charge is -2.37. The number of benzene rings is 1. The maximum absolute atomic E-state index is 10.8. The van der Waals surface area contributed by atoms with E-state index in [9.17, 15) is 10.4 Å². The Hall–Kier alpha value is -1.79. The molecule has 3 unspecified atom stereocenters. The van der Waals surface area contributed by atoms with Crippen LogP contribution in [-0.4, -0.2) is 5.11 Å². The smallest absolute Gasteiger partial charge is 0.134 e. The Morgan fingerprint density at radius 1 is 1.45 bits per heavy atom. The zero-order valence-electron chi connectivity index (χ0n) is 11.7. The molecule has 0 bridgehead atoms. The van der Waals surface area contributed by atoms with Crippen molar-refractivity contribution in [3.8, 4) is 6.07 Å². The van der Waals surface area contributed by atoms with Crippen molar-refractivity contribution in [3.63, 3.8) is 0 Å². The molecule has 1 saturated carbocycles. The first-order valence-electron chi connectivity index (χ1n) is 7.22. The lowest BCUT2D eigenvalue weighted by Crippen LogP contribution is -2.32. The first-order chi connectivity index (χ1) is 9.66. The minimum atomic E-state index is -0.779. The van der Waals surface area contributed by atoms with Crippen molar-refractivity contribution in [2.45, 2.75) is 38.7 Å². The van der Waals surface area contributed by atoms with E-state index in [1.807, 2.05) is 24.3 Å². The number of aliphatic hydroxyl groups is 1. The number of hydrogen-bond donors (Lipinski definition) is 1. The molecule has 3 rings (SSSR count). The quantitative estimate of drug-likeness (QED) is 0.889. The minimum Gasteiger partial charge on any atom is -0.464 e. The summed E-state index contributed by atoms with van der Waals surface area (Å²) >= 11 is 0. The molecular weight excluding hydrogens is 250 g/mol. The number of hydrogen-bond acceptors (Lipinski definition) is 3. The van der Waals surface area contributed by atoms with Crippen LogP contribution in [0, 0.1) is 22.7 Å². The fourth-order valence-electron chi connectivity index (χ4n) is 3.51. The molecule has 3 nitrogen and oxygen atoms in total. The zero-order valence-corrected chi connectivity index (χ0v) is 11.7. The van der Waals surface area contributed by atoms with Crippen LogP contribution in [0.2, 0.25) is 0 Å². The van der Waals surface area contributed by atoms with Crippen molar-refractivity contribution < 1.29 is 9.52 Å². The van der Waals surface area contributed by atoms with Gasteiger partial charge >= 0.3 is 0 Å². The van der Waals surface area contributed by atoms with Gasteiger partial charge < -0.3 is 9.52 Å². The Balaban J connectivity index is 2.02. The van der Waals surface area contributed by atoms with Gasteiger partial charge in [0.25, 0.3) is 0 Å². The van der Waals surface area contributed by atoms with Crippen LogP contribution in [0.3, 0.4) is 0 Å². The number of nitriles is 1. The van der Waals surface area contributed by atoms with Gasteiger partial charge in [-0.15, -0.1) is 0 Å². The molecule has 3 heteroatoms. The van der Waals surface area contributed by atoms with Crippen molar-refractivity contribution in [2.75, 3.05) is 0 Å². The first-order valence-corrected chi connectivity index (χ1v) is 7.22. The van der Waals surface area contributed by atoms with E-state index in [1.165, 1.54) is 0 Å². The molecule has 1 aromatic carbocycles. The highest BCUT2D eigenvalue weighted by Crippen LogP contribution is 2.48. The fourth-order valence-corrected chi connectivity index (χ4v) is 3.51. The third-order valence-corrected chi connectivity index (χ3v) is 4.58. The second-order valence-electron chi connectivity index (χ2n) is 6.06. The molecule has 1 aliphatic rings. The minimum absolute atomic E-state index is 0.483. The first kappa shape index (κ1) is 13.2. The summed E-state index contributed by atoms with van der Waals surface area (Å²) in [5.41, 5.74) is 0.833. The average Bonchev–Trinajstić information content (AvgIpc) is 2.90. The lowest BCUT2D eigenvalue weighted by molar-refractivity contribution is 0.0224. The molecule has 1 aromatic heterocycles. The summed E-state index contributed by atoms with van der Waals surface area (Å²) in [5, 5.41) is 21.4. The topological polar surface area (TPSA) is 57.2 Å². The van der Waals surface area contributed by atoms with Gasteiger partial charge in [-0.25, -0.2) is 0 Å². The van der Waals surface area contributed by atoms with E-state index in [2.05, 4.69) is 13.0 Å². The van der Waals surface area contributed by atoms with Crippen LogP contribution in [0.15, 0.2) is 34.9 Å². The van der Waals surface area contributed by atoms with Crippen molar-refractivity contribution in [1.29, 1.82) is 5.26 Å². The molecule has 2 aromatic rings. The summed E-state index contributed by atoms with van der Waals surface area (Å²) < 4.78 is 5.51. The van der Waals surface area contributed by atoms with E-state index < -0.39 is 11.5 Å². The summed E-state index contributed by atoms with van der Waals surface area (Å²) in [4.78, 5) is 0. The van der Waals surface area contributed by atoms with Crippen LogP contribution in [0.1, 0.15) is 44.3 Å². The second-order valence-corrected chi connectivity index (χ2v) is 6.06. The number of aliphatic hydroxyl groups excluding tert-OH is 1. The van der Waals surface area contributed by atoms with Crippen LogP contribution in [-0.2, 0) is 0 Å². The Kier molecular flexibility index (Phi) is 3.27. The van der Waals surface area contributed by atoms with Crippen LogP contribution in [0.25, 0.3) is 11.0 Å². The normalized spacial score (nSPS) is 28.1. The van der Waals surface area contributed by atoms with Gasteiger partial charge in [0.2, 0.25) is 0 Å². The molecule has 0 radical (unpaired) electrons. The van der Waals surface area contributed by atoms with Gasteiger partial charge in [0, 0.05) is 10.9 Å². The SMILES string of the molecule is CC1CCCC(C#N)(C(O)c2coc3ccccc23)C1. The molecule has 1 fully saturated rings. The molecule has 1 heterocycles. The Morgan fingerprint density at radius 3 is 3.00 bits per heavy atom. The molecule has 0 saturated heterocycles. The molecule has 3 atom stereocenters. The number of para-hydroxylation sites is 1. The van der Waals surface area contributed by atoms with E-state index >= 15 is 0 Å². The van der Waals surface area contributed by atoms with E-state index in [-0.39, 0.29) is 0 Å². The number of nitrogens with zero attached hydrogens (tertiary/aromatic N) is 1. The average molecular weight is 269 g/mol. The van der Waals surface area contributed by atoms with Gasteiger partial charge in [-0.05, 0) is 24.8 Å². The van der Waals surface area contributed by atoms with Crippen LogP contribution >= 0.6 is 0 Å². The predicted octanol–water partition coefficient (Wildman–Crippen LogP) is 4.19. The standard InChI is InChI=1S/C17H19NO2/c1-12-5-4-8-17(9-12,11-18)16(19)14-10-20-15-7-3-2-6-13(14)15/h2-3,6-7,10,12,16,19H,4-5,8-9H2,1H3.